The third kappa shape index (κ3) is 4.23. The minimum atomic E-state index is 0. The van der Waals surface area contributed by atoms with Crippen molar-refractivity contribution in [2.45, 2.75) is 6.42 Å². The van der Waals surface area contributed by atoms with Gasteiger partial charge < -0.3 is 0 Å². The Bertz CT molecular complexity index is 66.1. The molecule has 1 aliphatic rings. The van der Waals surface area contributed by atoms with Crippen LogP contribution >= 0.6 is 0 Å². The summed E-state index contributed by atoms with van der Waals surface area (Å²) < 4.78 is 0. The molecule has 0 aromatic rings. The monoisotopic (exact) mass is 194 g/mol. The molecule has 0 bridgehead atoms. The summed E-state index contributed by atoms with van der Waals surface area (Å²) in [5.74, 6) is 0. The molecule has 0 aliphatic heterocycles. The maximum atomic E-state index is 2.99. The zero-order valence-corrected chi connectivity index (χ0v) is 8.35. The van der Waals surface area contributed by atoms with E-state index in [-0.39, 0.29) is 32.0 Å². The van der Waals surface area contributed by atoms with Crippen molar-refractivity contribution in [2.75, 3.05) is 0 Å². The van der Waals surface area contributed by atoms with Crippen LogP contribution in [-0.4, -0.2) is 11.0 Å². The molecule has 0 aromatic carbocycles. The van der Waals surface area contributed by atoms with Crippen molar-refractivity contribution >= 4 is 11.0 Å². The second-order valence-electron chi connectivity index (χ2n) is 1.00. The van der Waals surface area contributed by atoms with Gasteiger partial charge in [-0.1, -0.05) is 0 Å². The van der Waals surface area contributed by atoms with Gasteiger partial charge >= 0.3 is 0 Å². The van der Waals surface area contributed by atoms with Crippen molar-refractivity contribution < 1.29 is 21.1 Å². The Labute approximate surface area is 63.0 Å². The first-order valence-corrected chi connectivity index (χ1v) is 1.72. The second-order valence-corrected chi connectivity index (χ2v) is 1.00. The molecule has 2 heteroatoms. The van der Waals surface area contributed by atoms with Crippen LogP contribution in [0.2, 0.25) is 0 Å². The quantitative estimate of drug-likeness (QED) is 0.378. The molecule has 0 saturated carbocycles. The summed E-state index contributed by atoms with van der Waals surface area (Å²) in [5, 5.41) is 0. The third-order valence-electron chi connectivity index (χ3n) is 0.586. The summed E-state index contributed by atoms with van der Waals surface area (Å²) in [5.41, 5.74) is 0. The van der Waals surface area contributed by atoms with Crippen molar-refractivity contribution in [1.82, 2.24) is 0 Å². The topological polar surface area (TPSA) is 0 Å². The van der Waals surface area contributed by atoms with Crippen LogP contribution in [-0.2, 0) is 21.1 Å². The number of allylic oxidation sites excluding steroid dienone is 4. The van der Waals surface area contributed by atoms with Crippen molar-refractivity contribution in [2.24, 2.45) is 0 Å². The van der Waals surface area contributed by atoms with Crippen LogP contribution in [0.1, 0.15) is 6.42 Å². The maximum absolute atomic E-state index is 2.99. The van der Waals surface area contributed by atoms with Gasteiger partial charge in [0.2, 0.25) is 0 Å². The molecule has 1 aliphatic carbocycles. The summed E-state index contributed by atoms with van der Waals surface area (Å²) in [6, 6.07) is 0. The van der Waals surface area contributed by atoms with E-state index in [4.69, 9.17) is 0 Å². The van der Waals surface area contributed by atoms with Crippen LogP contribution in [0, 0.1) is 6.08 Å². The third-order valence-corrected chi connectivity index (χ3v) is 0.586. The number of rotatable bonds is 0. The van der Waals surface area contributed by atoms with Crippen molar-refractivity contribution in [1.29, 1.82) is 0 Å². The van der Waals surface area contributed by atoms with Gasteiger partial charge in [0.1, 0.15) is 0 Å². The fraction of sp³-hybridized carbons (Fsp3) is 0.200. The van der Waals surface area contributed by atoms with Crippen molar-refractivity contribution in [3.05, 3.63) is 24.3 Å². The molecule has 0 unspecified atom stereocenters. The summed E-state index contributed by atoms with van der Waals surface area (Å²) in [6.07, 6.45) is 10.0. The summed E-state index contributed by atoms with van der Waals surface area (Å²) in [4.78, 5) is 0. The van der Waals surface area contributed by atoms with Gasteiger partial charge in [-0.2, -0.15) is 6.08 Å². The predicted molar refractivity (Wildman–Crippen MR) is 31.5 cm³/mol. The van der Waals surface area contributed by atoms with Gasteiger partial charge in [-0.15, -0.1) is 6.42 Å². The van der Waals surface area contributed by atoms with Crippen LogP contribution in [0.5, 0.6) is 0 Å². The van der Waals surface area contributed by atoms with Gasteiger partial charge in [0, 0.05) is 21.1 Å². The van der Waals surface area contributed by atoms with Crippen molar-refractivity contribution in [3.63, 3.8) is 0 Å². The standard InChI is InChI=1S/C5H5.Mo.H3Si/c1-2-4-5-3-1;;/h1-3H,4H2;;1H3/q-1;;. The molecule has 0 saturated heterocycles. The fourth-order valence-corrected chi connectivity index (χ4v) is 0.340. The van der Waals surface area contributed by atoms with Crippen LogP contribution in [0.25, 0.3) is 0 Å². The Morgan fingerprint density at radius 2 is 2.14 bits per heavy atom. The van der Waals surface area contributed by atoms with Gasteiger partial charge in [-0.3, -0.25) is 6.08 Å². The minimum Gasteiger partial charge on any atom is -0.273 e. The molecule has 0 N–H and O–H groups in total. The molecule has 0 amide bonds. The first-order valence-electron chi connectivity index (χ1n) is 1.72. The average molecular weight is 192 g/mol. The molecule has 0 nitrogen and oxygen atoms in total. The molecule has 0 atom stereocenters. The van der Waals surface area contributed by atoms with Crippen LogP contribution in [0.3, 0.4) is 0 Å². The van der Waals surface area contributed by atoms with Gasteiger partial charge in [0.05, 0.1) is 0 Å². The van der Waals surface area contributed by atoms with E-state index in [1.807, 2.05) is 12.2 Å². The summed E-state index contributed by atoms with van der Waals surface area (Å²) in [6.45, 7) is 0. The molecule has 1 rings (SSSR count). The molecule has 0 fully saturated rings. The van der Waals surface area contributed by atoms with E-state index < -0.39 is 0 Å². The Kier molecular flexibility index (Phi) is 9.47. The Hall–Kier alpha value is 0.385. The van der Waals surface area contributed by atoms with Gasteiger partial charge in [0.15, 0.2) is 0 Å². The largest absolute Gasteiger partial charge is 0.273 e. The molecule has 1 radical (unpaired) electrons. The van der Waals surface area contributed by atoms with E-state index >= 15 is 0 Å². The Morgan fingerprint density at radius 1 is 1.43 bits per heavy atom. The first-order chi connectivity index (χ1) is 2.50. The SMILES string of the molecule is [C-]1=CC=CC1.[Mo].[SiH3]. The van der Waals surface area contributed by atoms with E-state index in [2.05, 4.69) is 12.2 Å². The summed E-state index contributed by atoms with van der Waals surface area (Å²) in [7, 11) is 0. The van der Waals surface area contributed by atoms with Gasteiger partial charge in [0.25, 0.3) is 0 Å². The van der Waals surface area contributed by atoms with E-state index in [1.165, 1.54) is 0 Å². The molecule has 0 aromatic heterocycles. The zero-order chi connectivity index (χ0) is 3.54. The molecular weight excluding hydrogens is 184 g/mol. The molecule has 7 heavy (non-hydrogen) atoms. The van der Waals surface area contributed by atoms with Gasteiger partial charge in [-0.25, -0.2) is 12.2 Å². The summed E-state index contributed by atoms with van der Waals surface area (Å²) >= 11 is 0. The van der Waals surface area contributed by atoms with Crippen LogP contribution in [0.15, 0.2) is 18.2 Å². The Morgan fingerprint density at radius 3 is 2.29 bits per heavy atom. The van der Waals surface area contributed by atoms with Gasteiger partial charge in [-0.05, 0) is 11.0 Å². The second kappa shape index (κ2) is 6.39. The Balaban J connectivity index is 0. The number of hydrogen-bond donors (Lipinski definition) is 0. The average Bonchev–Trinajstić information content (AvgIpc) is 1.76. The van der Waals surface area contributed by atoms with E-state index in [1.54, 1.807) is 0 Å². The molecule has 39 valence electrons. The van der Waals surface area contributed by atoms with Crippen LogP contribution < -0.4 is 0 Å². The molecule has 0 spiro atoms. The van der Waals surface area contributed by atoms with E-state index in [0.29, 0.717) is 0 Å². The normalized spacial score (nSPS) is 12.6. The van der Waals surface area contributed by atoms with Crippen LogP contribution in [0.4, 0.5) is 0 Å². The smallest absolute Gasteiger partial charge is 0 e. The minimum absolute atomic E-state index is 0. The van der Waals surface area contributed by atoms with E-state index in [0.717, 1.165) is 6.42 Å². The maximum Gasteiger partial charge on any atom is 0 e. The molecular formula is C5H8MoSi-. The molecule has 0 heterocycles. The number of hydrogen-bond acceptors (Lipinski definition) is 0. The van der Waals surface area contributed by atoms with E-state index in [9.17, 15) is 0 Å². The predicted octanol–water partition coefficient (Wildman–Crippen LogP) is 0.119. The zero-order valence-electron chi connectivity index (χ0n) is 4.35. The first kappa shape index (κ1) is 10.4. The van der Waals surface area contributed by atoms with Crippen molar-refractivity contribution in [3.8, 4) is 0 Å². The fourth-order valence-electron chi connectivity index (χ4n) is 0.340.